The maximum Gasteiger partial charge on any atom is 0.123 e. The van der Waals surface area contributed by atoms with Gasteiger partial charge in [0.1, 0.15) is 11.6 Å². The van der Waals surface area contributed by atoms with E-state index in [1.165, 1.54) is 6.07 Å². The third-order valence-electron chi connectivity index (χ3n) is 3.13. The van der Waals surface area contributed by atoms with Gasteiger partial charge in [-0.1, -0.05) is 0 Å². The molecule has 106 valence electrons. The molecule has 2 rings (SSSR count). The van der Waals surface area contributed by atoms with Crippen LogP contribution in [0, 0.1) is 5.82 Å². The van der Waals surface area contributed by atoms with E-state index in [2.05, 4.69) is 20.5 Å². The Balaban J connectivity index is 2.12. The van der Waals surface area contributed by atoms with Gasteiger partial charge in [-0.2, -0.15) is 0 Å². The van der Waals surface area contributed by atoms with Crippen molar-refractivity contribution in [1.82, 2.24) is 10.6 Å². The van der Waals surface area contributed by atoms with Crippen molar-refractivity contribution in [2.75, 3.05) is 25.5 Å². The van der Waals surface area contributed by atoms with Gasteiger partial charge in [0.2, 0.25) is 0 Å². The first kappa shape index (κ1) is 14.1. The Morgan fingerprint density at radius 1 is 1.45 bits per heavy atom. The van der Waals surface area contributed by atoms with Gasteiger partial charge in [-0.3, -0.25) is 4.99 Å². The fraction of sp³-hybridized carbons (Fsp3) is 0.267. The number of anilines is 1. The Kier molecular flexibility index (Phi) is 4.76. The standard InChI is InChI=1S/C15H19FN4/c1-17-7-3-8-19-11-15(18-2)20-9-6-12-10-13(16)4-5-14(12)20/h3-5,7-8,10-11,18-19H,6,9H2,1-2H3/b8-3-,15-11-,17-7+. The number of rotatable bonds is 5. The lowest BCUT2D eigenvalue weighted by Gasteiger charge is -2.22. The average molecular weight is 274 g/mol. The van der Waals surface area contributed by atoms with Gasteiger partial charge in [0, 0.05) is 44.9 Å². The lowest BCUT2D eigenvalue weighted by molar-refractivity contribution is 0.626. The van der Waals surface area contributed by atoms with Gasteiger partial charge in [0.25, 0.3) is 0 Å². The number of halogens is 1. The molecule has 2 N–H and O–H groups in total. The zero-order valence-electron chi connectivity index (χ0n) is 11.7. The summed E-state index contributed by atoms with van der Waals surface area (Å²) in [6.45, 7) is 0.841. The predicted octanol–water partition coefficient (Wildman–Crippen LogP) is 2.01. The number of aliphatic imine (C=N–C) groups is 1. The van der Waals surface area contributed by atoms with Crippen LogP contribution in [0.3, 0.4) is 0 Å². The van der Waals surface area contributed by atoms with Crippen LogP contribution in [0.1, 0.15) is 5.56 Å². The van der Waals surface area contributed by atoms with Gasteiger partial charge in [-0.25, -0.2) is 4.39 Å². The molecule has 5 heteroatoms. The largest absolute Gasteiger partial charge is 0.373 e. The third-order valence-corrected chi connectivity index (χ3v) is 3.13. The number of allylic oxidation sites excluding steroid dienone is 1. The molecule has 1 aromatic carbocycles. The minimum atomic E-state index is -0.180. The molecule has 0 saturated carbocycles. The van der Waals surface area contributed by atoms with Gasteiger partial charge in [-0.05, 0) is 36.3 Å². The summed E-state index contributed by atoms with van der Waals surface area (Å²) in [5.74, 6) is 0.758. The van der Waals surface area contributed by atoms with Crippen LogP contribution in [0.15, 0.2) is 47.5 Å². The van der Waals surface area contributed by atoms with E-state index in [4.69, 9.17) is 0 Å². The maximum atomic E-state index is 13.2. The van der Waals surface area contributed by atoms with E-state index < -0.39 is 0 Å². The van der Waals surface area contributed by atoms with Crippen LogP contribution in [0.5, 0.6) is 0 Å². The second-order valence-electron chi connectivity index (χ2n) is 4.39. The third kappa shape index (κ3) is 3.17. The molecule has 0 fully saturated rings. The molecule has 1 aliphatic heterocycles. The van der Waals surface area contributed by atoms with E-state index in [0.29, 0.717) is 0 Å². The second-order valence-corrected chi connectivity index (χ2v) is 4.39. The molecule has 0 spiro atoms. The minimum absolute atomic E-state index is 0.180. The zero-order chi connectivity index (χ0) is 14.4. The summed E-state index contributed by atoms with van der Waals surface area (Å²) in [5.41, 5.74) is 2.09. The summed E-state index contributed by atoms with van der Waals surface area (Å²) in [7, 11) is 3.59. The summed E-state index contributed by atoms with van der Waals surface area (Å²) < 4.78 is 13.2. The van der Waals surface area contributed by atoms with Crippen LogP contribution in [-0.4, -0.2) is 26.9 Å². The normalized spacial score (nSPS) is 15.2. The molecule has 0 saturated heterocycles. The molecule has 0 amide bonds. The minimum Gasteiger partial charge on any atom is -0.373 e. The summed E-state index contributed by atoms with van der Waals surface area (Å²) >= 11 is 0. The highest BCUT2D eigenvalue weighted by molar-refractivity contribution is 5.70. The van der Waals surface area contributed by atoms with Gasteiger partial charge >= 0.3 is 0 Å². The van der Waals surface area contributed by atoms with Crippen molar-refractivity contribution in [3.63, 3.8) is 0 Å². The predicted molar refractivity (Wildman–Crippen MR) is 81.3 cm³/mol. The highest BCUT2D eigenvalue weighted by Gasteiger charge is 2.21. The summed E-state index contributed by atoms with van der Waals surface area (Å²) in [4.78, 5) is 5.98. The van der Waals surface area contributed by atoms with Crippen molar-refractivity contribution in [2.45, 2.75) is 6.42 Å². The van der Waals surface area contributed by atoms with Gasteiger partial charge in [0.15, 0.2) is 0 Å². The summed E-state index contributed by atoms with van der Waals surface area (Å²) in [6, 6.07) is 4.92. The lowest BCUT2D eigenvalue weighted by Crippen LogP contribution is -2.29. The monoisotopic (exact) mass is 274 g/mol. The number of nitrogens with one attached hydrogen (secondary N) is 2. The molecule has 0 aliphatic carbocycles. The van der Waals surface area contributed by atoms with Crippen molar-refractivity contribution < 1.29 is 4.39 Å². The molecule has 1 aliphatic rings. The number of hydrogen-bond acceptors (Lipinski definition) is 4. The Morgan fingerprint density at radius 2 is 2.30 bits per heavy atom. The van der Waals surface area contributed by atoms with E-state index in [9.17, 15) is 4.39 Å². The fourth-order valence-electron chi connectivity index (χ4n) is 2.22. The van der Waals surface area contributed by atoms with E-state index in [1.807, 2.05) is 25.4 Å². The van der Waals surface area contributed by atoms with Crippen molar-refractivity contribution >= 4 is 11.9 Å². The first-order valence-electron chi connectivity index (χ1n) is 6.53. The smallest absolute Gasteiger partial charge is 0.123 e. The number of hydrogen-bond donors (Lipinski definition) is 2. The maximum absolute atomic E-state index is 13.2. The van der Waals surface area contributed by atoms with Crippen molar-refractivity contribution in [2.24, 2.45) is 4.99 Å². The molecule has 0 unspecified atom stereocenters. The van der Waals surface area contributed by atoms with Gasteiger partial charge in [-0.15, -0.1) is 0 Å². The van der Waals surface area contributed by atoms with Crippen LogP contribution in [0.4, 0.5) is 10.1 Å². The van der Waals surface area contributed by atoms with E-state index >= 15 is 0 Å². The molecule has 0 radical (unpaired) electrons. The first-order valence-corrected chi connectivity index (χ1v) is 6.53. The van der Waals surface area contributed by atoms with Crippen molar-refractivity contribution in [1.29, 1.82) is 0 Å². The highest BCUT2D eigenvalue weighted by Crippen LogP contribution is 2.30. The summed E-state index contributed by atoms with van der Waals surface area (Å²) in [5, 5.41) is 6.23. The van der Waals surface area contributed by atoms with Crippen LogP contribution >= 0.6 is 0 Å². The average Bonchev–Trinajstić information content (AvgIpc) is 2.86. The lowest BCUT2D eigenvalue weighted by atomic mass is 10.2. The molecule has 20 heavy (non-hydrogen) atoms. The molecule has 1 aromatic rings. The summed E-state index contributed by atoms with van der Waals surface area (Å²) in [6.07, 6.45) is 8.04. The van der Waals surface area contributed by atoms with Crippen LogP contribution in [0.2, 0.25) is 0 Å². The molecule has 0 atom stereocenters. The fourth-order valence-corrected chi connectivity index (χ4v) is 2.22. The van der Waals surface area contributed by atoms with Gasteiger partial charge < -0.3 is 15.5 Å². The second kappa shape index (κ2) is 6.75. The number of benzene rings is 1. The van der Waals surface area contributed by atoms with E-state index in [0.717, 1.165) is 30.0 Å². The molecule has 4 nitrogen and oxygen atoms in total. The Morgan fingerprint density at radius 3 is 3.05 bits per heavy atom. The Hall–Kier alpha value is -2.30. The molecular weight excluding hydrogens is 255 g/mol. The first-order chi connectivity index (χ1) is 9.76. The van der Waals surface area contributed by atoms with Crippen LogP contribution in [0.25, 0.3) is 0 Å². The van der Waals surface area contributed by atoms with E-state index in [-0.39, 0.29) is 5.82 Å². The Labute approximate surface area is 118 Å². The number of fused-ring (bicyclic) bond motifs is 1. The zero-order valence-corrected chi connectivity index (χ0v) is 11.7. The molecule has 0 aromatic heterocycles. The van der Waals surface area contributed by atoms with Crippen LogP contribution in [-0.2, 0) is 6.42 Å². The molecule has 1 heterocycles. The molecule has 0 bridgehead atoms. The van der Waals surface area contributed by atoms with Crippen molar-refractivity contribution in [3.05, 3.63) is 53.9 Å². The topological polar surface area (TPSA) is 39.7 Å². The Bertz CT molecular complexity index is 549. The van der Waals surface area contributed by atoms with E-state index in [1.54, 1.807) is 25.5 Å². The quantitative estimate of drug-likeness (QED) is 0.807. The highest BCUT2D eigenvalue weighted by atomic mass is 19.1. The van der Waals surface area contributed by atoms with Crippen molar-refractivity contribution in [3.8, 4) is 0 Å². The van der Waals surface area contributed by atoms with Crippen LogP contribution < -0.4 is 15.5 Å². The van der Waals surface area contributed by atoms with Gasteiger partial charge in [0.05, 0.1) is 0 Å². The molecular formula is C15H19FN4. The number of nitrogens with zero attached hydrogens (tertiary/aromatic N) is 2. The SMILES string of the molecule is C/N=C/C=C\N/C=C(/NC)N1CCc2cc(F)ccc21.